The summed E-state index contributed by atoms with van der Waals surface area (Å²) < 4.78 is 0. The molecule has 92 valence electrons. The average molecular weight is 277 g/mol. The third kappa shape index (κ3) is 1.61. The van der Waals surface area contributed by atoms with Gasteiger partial charge >= 0.3 is 0 Å². The molecule has 0 N–H and O–H groups in total. The zero-order chi connectivity index (χ0) is 12.7. The topological polar surface area (TPSA) is 37.4 Å². The van der Waals surface area contributed by atoms with Crippen molar-refractivity contribution in [3.8, 4) is 0 Å². The first-order valence-corrected chi connectivity index (χ1v) is 7.16. The largest absolute Gasteiger partial charge is 0.324 e. The Bertz CT molecular complexity index is 517. The molecule has 2 aliphatic heterocycles. The van der Waals surface area contributed by atoms with E-state index in [1.807, 2.05) is 30.3 Å². The minimum Gasteiger partial charge on any atom is -0.324 e. The number of aldehydes is 1. The minimum atomic E-state index is -0.237. The first kappa shape index (κ1) is 11.9. The molecular weight excluding hydrogens is 266 g/mol. The number of fused-ring (bicyclic) bond motifs is 2. The number of nitrogens with zero attached hydrogens (tertiary/aromatic N) is 1. The summed E-state index contributed by atoms with van der Waals surface area (Å²) in [6, 6.07) is 9.61. The molecule has 1 aromatic carbocycles. The Hall–Kier alpha value is -1.20. The summed E-state index contributed by atoms with van der Waals surface area (Å²) in [6.07, 6.45) is 0.703. The van der Waals surface area contributed by atoms with E-state index in [-0.39, 0.29) is 23.1 Å². The SMILES string of the molecule is O=CC(=S)C1C(c2ccccc2)C2SCN1C2=O. The van der Waals surface area contributed by atoms with E-state index in [4.69, 9.17) is 12.2 Å². The van der Waals surface area contributed by atoms with E-state index in [9.17, 15) is 9.59 Å². The van der Waals surface area contributed by atoms with Crippen LogP contribution in [0.4, 0.5) is 0 Å². The summed E-state index contributed by atoms with van der Waals surface area (Å²) in [5, 5.41) is -0.0877. The third-order valence-electron chi connectivity index (χ3n) is 3.51. The number of thioether (sulfide) groups is 1. The van der Waals surface area contributed by atoms with Gasteiger partial charge in [-0.25, -0.2) is 0 Å². The molecule has 3 atom stereocenters. The lowest BCUT2D eigenvalue weighted by Crippen LogP contribution is -2.40. The molecule has 5 heteroatoms. The fraction of sp³-hybridized carbons (Fsp3) is 0.308. The maximum absolute atomic E-state index is 12.1. The second-order valence-electron chi connectivity index (χ2n) is 4.43. The van der Waals surface area contributed by atoms with Gasteiger partial charge in [0.2, 0.25) is 5.91 Å². The number of carbonyl (C=O) groups excluding carboxylic acids is 2. The van der Waals surface area contributed by atoms with Crippen molar-refractivity contribution >= 4 is 41.0 Å². The van der Waals surface area contributed by atoms with Crippen molar-refractivity contribution in [2.24, 2.45) is 0 Å². The zero-order valence-corrected chi connectivity index (χ0v) is 11.1. The minimum absolute atomic E-state index is 0.00940. The molecule has 3 nitrogen and oxygen atoms in total. The lowest BCUT2D eigenvalue weighted by molar-refractivity contribution is -0.126. The van der Waals surface area contributed by atoms with E-state index >= 15 is 0 Å². The molecule has 18 heavy (non-hydrogen) atoms. The summed E-state index contributed by atoms with van der Waals surface area (Å²) in [6.45, 7) is 0. The van der Waals surface area contributed by atoms with Crippen LogP contribution in [-0.2, 0) is 9.59 Å². The second kappa shape index (κ2) is 4.48. The third-order valence-corrected chi connectivity index (χ3v) is 5.13. The van der Waals surface area contributed by atoms with E-state index < -0.39 is 0 Å². The highest BCUT2D eigenvalue weighted by Gasteiger charge is 2.54. The van der Waals surface area contributed by atoms with Gasteiger partial charge in [-0.1, -0.05) is 42.5 Å². The fourth-order valence-electron chi connectivity index (χ4n) is 2.73. The van der Waals surface area contributed by atoms with E-state index in [1.165, 1.54) is 0 Å². The lowest BCUT2D eigenvalue weighted by Gasteiger charge is -2.30. The highest BCUT2D eigenvalue weighted by atomic mass is 32.2. The van der Waals surface area contributed by atoms with Crippen LogP contribution in [0.15, 0.2) is 30.3 Å². The van der Waals surface area contributed by atoms with E-state index in [1.54, 1.807) is 16.7 Å². The number of rotatable bonds is 3. The normalized spacial score (nSPS) is 29.7. The molecule has 3 rings (SSSR count). The van der Waals surface area contributed by atoms with Crippen molar-refractivity contribution in [1.29, 1.82) is 0 Å². The number of amides is 1. The molecule has 0 aromatic heterocycles. The Kier molecular flexibility index (Phi) is 2.95. The van der Waals surface area contributed by atoms with Gasteiger partial charge in [-0.3, -0.25) is 9.59 Å². The lowest BCUT2D eigenvalue weighted by atomic mass is 9.89. The van der Waals surface area contributed by atoms with Crippen LogP contribution in [0.5, 0.6) is 0 Å². The van der Waals surface area contributed by atoms with Crippen LogP contribution in [0.1, 0.15) is 11.5 Å². The summed E-state index contributed by atoms with van der Waals surface area (Å²) >= 11 is 6.77. The standard InChI is InChI=1S/C13H11NO2S2/c15-6-9(17)11-10(8-4-2-1-3-5-8)12-13(16)14(11)7-18-12/h1-6,10-12H,7H2. The molecule has 0 spiro atoms. The van der Waals surface area contributed by atoms with Gasteiger partial charge in [0, 0.05) is 5.92 Å². The van der Waals surface area contributed by atoms with Crippen molar-refractivity contribution < 1.29 is 9.59 Å². The summed E-state index contributed by atoms with van der Waals surface area (Å²) in [5.41, 5.74) is 1.08. The van der Waals surface area contributed by atoms with E-state index in [0.29, 0.717) is 17.0 Å². The van der Waals surface area contributed by atoms with Gasteiger partial charge in [0.05, 0.1) is 22.0 Å². The van der Waals surface area contributed by atoms with Crippen molar-refractivity contribution in [3.05, 3.63) is 35.9 Å². The number of thiocarbonyl (C=S) groups is 1. The van der Waals surface area contributed by atoms with Gasteiger partial charge in [-0.05, 0) is 5.56 Å². The van der Waals surface area contributed by atoms with Gasteiger partial charge in [0.25, 0.3) is 0 Å². The van der Waals surface area contributed by atoms with Gasteiger partial charge in [0.15, 0.2) is 6.29 Å². The monoisotopic (exact) mass is 277 g/mol. The average Bonchev–Trinajstić information content (AvgIpc) is 2.92. The van der Waals surface area contributed by atoms with Gasteiger partial charge in [-0.15, -0.1) is 11.8 Å². The molecule has 2 fully saturated rings. The van der Waals surface area contributed by atoms with Crippen LogP contribution in [0.25, 0.3) is 0 Å². The first-order valence-electron chi connectivity index (χ1n) is 5.70. The Morgan fingerprint density at radius 1 is 1.39 bits per heavy atom. The molecule has 3 unspecified atom stereocenters. The smallest absolute Gasteiger partial charge is 0.237 e. The molecule has 2 bridgehead atoms. The van der Waals surface area contributed by atoms with Gasteiger partial charge in [0.1, 0.15) is 0 Å². The number of carbonyl (C=O) groups is 2. The summed E-state index contributed by atoms with van der Waals surface area (Å²) in [7, 11) is 0. The number of benzene rings is 1. The van der Waals surface area contributed by atoms with Crippen LogP contribution in [-0.4, -0.2) is 39.1 Å². The molecule has 1 amide bonds. The molecule has 0 aliphatic carbocycles. The van der Waals surface area contributed by atoms with Crippen molar-refractivity contribution in [1.82, 2.24) is 4.90 Å². The maximum Gasteiger partial charge on any atom is 0.237 e. The Morgan fingerprint density at radius 2 is 2.11 bits per heavy atom. The fourth-order valence-corrected chi connectivity index (χ4v) is 4.40. The summed E-state index contributed by atoms with van der Waals surface area (Å²) in [4.78, 5) is 25.2. The predicted octanol–water partition coefficient (Wildman–Crippen LogP) is 1.62. The van der Waals surface area contributed by atoms with Crippen LogP contribution in [0, 0.1) is 0 Å². The molecule has 2 saturated heterocycles. The van der Waals surface area contributed by atoms with Crippen molar-refractivity contribution in [2.45, 2.75) is 17.2 Å². The molecule has 2 heterocycles. The highest BCUT2D eigenvalue weighted by molar-refractivity contribution is 8.01. The quantitative estimate of drug-likeness (QED) is 0.621. The van der Waals surface area contributed by atoms with Crippen molar-refractivity contribution in [2.75, 3.05) is 5.88 Å². The summed E-state index contributed by atoms with van der Waals surface area (Å²) in [5.74, 6) is 0.768. The van der Waals surface area contributed by atoms with Crippen LogP contribution in [0.3, 0.4) is 0 Å². The van der Waals surface area contributed by atoms with Crippen molar-refractivity contribution in [3.63, 3.8) is 0 Å². The second-order valence-corrected chi connectivity index (χ2v) is 6.00. The molecule has 0 saturated carbocycles. The van der Waals surface area contributed by atoms with E-state index in [2.05, 4.69) is 0 Å². The maximum atomic E-state index is 12.1. The molecule has 0 radical (unpaired) electrons. The predicted molar refractivity (Wildman–Crippen MR) is 74.7 cm³/mol. The van der Waals surface area contributed by atoms with Crippen LogP contribution in [0.2, 0.25) is 0 Å². The number of hydrogen-bond acceptors (Lipinski definition) is 4. The van der Waals surface area contributed by atoms with Crippen LogP contribution < -0.4 is 0 Å². The first-order chi connectivity index (χ1) is 8.74. The van der Waals surface area contributed by atoms with Gasteiger partial charge in [-0.2, -0.15) is 0 Å². The molecule has 2 aliphatic rings. The Labute approximate surface area is 115 Å². The Balaban J connectivity index is 2.03. The highest BCUT2D eigenvalue weighted by Crippen LogP contribution is 2.47. The molecule has 1 aromatic rings. The zero-order valence-electron chi connectivity index (χ0n) is 9.48. The number of hydrogen-bond donors (Lipinski definition) is 0. The molecular formula is C13H11NO2S2. The van der Waals surface area contributed by atoms with Gasteiger partial charge < -0.3 is 4.90 Å². The van der Waals surface area contributed by atoms with E-state index in [0.717, 1.165) is 5.56 Å². The van der Waals surface area contributed by atoms with Crippen LogP contribution >= 0.6 is 24.0 Å². The Morgan fingerprint density at radius 3 is 2.78 bits per heavy atom.